The Labute approximate surface area is 180 Å². The second-order valence-electron chi connectivity index (χ2n) is 8.93. The number of benzene rings is 1. The summed E-state index contributed by atoms with van der Waals surface area (Å²) in [6.07, 6.45) is 5.51. The van der Waals surface area contributed by atoms with Gasteiger partial charge in [-0.05, 0) is 75.2 Å². The van der Waals surface area contributed by atoms with E-state index in [1.807, 2.05) is 13.0 Å². The molecule has 3 heterocycles. The van der Waals surface area contributed by atoms with Crippen molar-refractivity contribution in [1.82, 2.24) is 9.80 Å². The minimum absolute atomic E-state index is 0.0966. The number of carbonyl (C=O) groups excluding carboxylic acids is 1. The van der Waals surface area contributed by atoms with Crippen LogP contribution in [-0.4, -0.2) is 68.3 Å². The van der Waals surface area contributed by atoms with E-state index < -0.39 is 0 Å². The van der Waals surface area contributed by atoms with Crippen LogP contribution in [0.25, 0.3) is 0 Å². The molecule has 3 aliphatic rings. The van der Waals surface area contributed by atoms with E-state index >= 15 is 0 Å². The van der Waals surface area contributed by atoms with Gasteiger partial charge in [0.05, 0.1) is 27.2 Å². The van der Waals surface area contributed by atoms with Crippen molar-refractivity contribution in [2.24, 2.45) is 11.8 Å². The molecule has 166 valence electrons. The van der Waals surface area contributed by atoms with Crippen molar-refractivity contribution in [3.63, 3.8) is 0 Å². The molecule has 0 saturated carbocycles. The molecule has 4 atom stereocenters. The molecule has 0 aliphatic carbocycles. The second-order valence-corrected chi connectivity index (χ2v) is 8.93. The summed E-state index contributed by atoms with van der Waals surface area (Å²) in [5.41, 5.74) is 1.20. The lowest BCUT2D eigenvalue weighted by Crippen LogP contribution is -2.64. The molecule has 0 spiro atoms. The van der Waals surface area contributed by atoms with Crippen LogP contribution in [0.1, 0.15) is 44.6 Å². The fourth-order valence-corrected chi connectivity index (χ4v) is 6.12. The summed E-state index contributed by atoms with van der Waals surface area (Å²) in [6, 6.07) is 7.08. The predicted molar refractivity (Wildman–Crippen MR) is 116 cm³/mol. The molecule has 4 rings (SSSR count). The number of esters is 1. The molecule has 30 heavy (non-hydrogen) atoms. The summed E-state index contributed by atoms with van der Waals surface area (Å²) in [5.74, 6) is 2.70. The van der Waals surface area contributed by atoms with E-state index in [2.05, 4.69) is 21.9 Å². The Balaban J connectivity index is 1.59. The van der Waals surface area contributed by atoms with Gasteiger partial charge in [0.15, 0.2) is 11.5 Å². The zero-order valence-electron chi connectivity index (χ0n) is 18.6. The van der Waals surface area contributed by atoms with Crippen molar-refractivity contribution in [3.8, 4) is 11.5 Å². The van der Waals surface area contributed by atoms with Crippen molar-refractivity contribution in [1.29, 1.82) is 0 Å². The summed E-state index contributed by atoms with van der Waals surface area (Å²) >= 11 is 0. The molecule has 0 N–H and O–H groups in total. The van der Waals surface area contributed by atoms with E-state index in [4.69, 9.17) is 14.2 Å². The smallest absolute Gasteiger partial charge is 0.307 e. The van der Waals surface area contributed by atoms with Crippen LogP contribution in [-0.2, 0) is 16.1 Å². The number of hydrogen-bond acceptors (Lipinski definition) is 6. The molecule has 3 aliphatic heterocycles. The number of rotatable bonds is 7. The molecule has 1 aromatic rings. The van der Waals surface area contributed by atoms with Gasteiger partial charge in [0, 0.05) is 25.2 Å². The van der Waals surface area contributed by atoms with Crippen LogP contribution >= 0.6 is 0 Å². The van der Waals surface area contributed by atoms with Crippen LogP contribution in [0.4, 0.5) is 0 Å². The van der Waals surface area contributed by atoms with Crippen LogP contribution in [0, 0.1) is 11.8 Å². The molecule has 0 radical (unpaired) electrons. The van der Waals surface area contributed by atoms with Crippen LogP contribution in [0.3, 0.4) is 0 Å². The summed E-state index contributed by atoms with van der Waals surface area (Å²) < 4.78 is 16.3. The average molecular weight is 417 g/mol. The van der Waals surface area contributed by atoms with Crippen LogP contribution < -0.4 is 9.47 Å². The van der Waals surface area contributed by atoms with Crippen molar-refractivity contribution in [2.75, 3.05) is 40.5 Å². The number of hydrogen-bond donors (Lipinski definition) is 0. The molecule has 0 bridgehead atoms. The fraction of sp³-hybridized carbons (Fsp3) is 0.708. The number of methoxy groups -OCH3 is 2. The van der Waals surface area contributed by atoms with Crippen molar-refractivity contribution < 1.29 is 19.0 Å². The Kier molecular flexibility index (Phi) is 6.84. The molecular formula is C24H36N2O4. The number of likely N-dealkylation sites (tertiary alicyclic amines) is 1. The molecular weight excluding hydrogens is 380 g/mol. The van der Waals surface area contributed by atoms with Crippen molar-refractivity contribution >= 4 is 5.97 Å². The minimum Gasteiger partial charge on any atom is -0.493 e. The molecule has 0 aromatic heterocycles. The third kappa shape index (κ3) is 4.30. The highest BCUT2D eigenvalue weighted by molar-refractivity contribution is 5.70. The van der Waals surface area contributed by atoms with Gasteiger partial charge in [-0.3, -0.25) is 14.6 Å². The first-order valence-electron chi connectivity index (χ1n) is 11.5. The van der Waals surface area contributed by atoms with E-state index in [-0.39, 0.29) is 12.0 Å². The average Bonchev–Trinajstić information content (AvgIpc) is 2.77. The topological polar surface area (TPSA) is 51.2 Å². The Morgan fingerprint density at radius 1 is 1.13 bits per heavy atom. The van der Waals surface area contributed by atoms with Crippen LogP contribution in [0.5, 0.6) is 11.5 Å². The molecule has 0 unspecified atom stereocenters. The van der Waals surface area contributed by atoms with E-state index in [0.717, 1.165) is 24.6 Å². The third-order valence-corrected chi connectivity index (χ3v) is 7.30. The standard InChI is InChI=1S/C24H36N2O4/c1-4-30-21-10-9-17(13-22(21)28-2)15-26-16-18-7-5-11-25-12-6-8-19(24(18)25)20(26)14-23(27)29-3/h9-10,13,18-20,24H,4-8,11-12,14-16H2,1-3H3/t18-,19+,20+,24-/m0/s1. The quantitative estimate of drug-likeness (QED) is 0.636. The second kappa shape index (κ2) is 9.56. The first-order chi connectivity index (χ1) is 14.6. The highest BCUT2D eigenvalue weighted by atomic mass is 16.5. The number of nitrogens with zero attached hydrogens (tertiary/aromatic N) is 2. The molecule has 3 fully saturated rings. The van der Waals surface area contributed by atoms with Gasteiger partial charge >= 0.3 is 5.97 Å². The summed E-state index contributed by atoms with van der Waals surface area (Å²) in [5, 5.41) is 0. The zero-order chi connectivity index (χ0) is 21.1. The predicted octanol–water partition coefficient (Wildman–Crippen LogP) is 3.33. The Morgan fingerprint density at radius 3 is 2.67 bits per heavy atom. The third-order valence-electron chi connectivity index (χ3n) is 7.30. The van der Waals surface area contributed by atoms with Gasteiger partial charge in [-0.2, -0.15) is 0 Å². The zero-order valence-corrected chi connectivity index (χ0v) is 18.6. The maximum atomic E-state index is 12.3. The summed E-state index contributed by atoms with van der Waals surface area (Å²) in [4.78, 5) is 17.6. The van der Waals surface area contributed by atoms with Gasteiger partial charge in [0.1, 0.15) is 0 Å². The number of piperidine rings is 3. The maximum Gasteiger partial charge on any atom is 0.307 e. The van der Waals surface area contributed by atoms with Gasteiger partial charge < -0.3 is 14.2 Å². The Morgan fingerprint density at radius 2 is 1.93 bits per heavy atom. The molecule has 1 aromatic carbocycles. The van der Waals surface area contributed by atoms with Crippen molar-refractivity contribution in [2.45, 2.75) is 57.7 Å². The van der Waals surface area contributed by atoms with Gasteiger partial charge in [-0.1, -0.05) is 6.07 Å². The molecule has 6 nitrogen and oxygen atoms in total. The number of ether oxygens (including phenoxy) is 3. The first-order valence-corrected chi connectivity index (χ1v) is 11.5. The molecule has 6 heteroatoms. The number of carbonyl (C=O) groups is 1. The maximum absolute atomic E-state index is 12.3. The monoisotopic (exact) mass is 416 g/mol. The van der Waals surface area contributed by atoms with E-state index in [1.54, 1.807) is 7.11 Å². The van der Waals surface area contributed by atoms with Crippen LogP contribution in [0.2, 0.25) is 0 Å². The summed E-state index contributed by atoms with van der Waals surface area (Å²) in [7, 11) is 3.19. The molecule has 3 saturated heterocycles. The van der Waals surface area contributed by atoms with Crippen molar-refractivity contribution in [3.05, 3.63) is 23.8 Å². The van der Waals surface area contributed by atoms with E-state index in [9.17, 15) is 4.79 Å². The lowest BCUT2D eigenvalue weighted by molar-refractivity contribution is -0.146. The molecule has 0 amide bonds. The summed E-state index contributed by atoms with van der Waals surface area (Å²) in [6.45, 7) is 6.91. The fourth-order valence-electron chi connectivity index (χ4n) is 6.12. The van der Waals surface area contributed by atoms with Gasteiger partial charge in [0.2, 0.25) is 0 Å². The van der Waals surface area contributed by atoms with Gasteiger partial charge in [-0.15, -0.1) is 0 Å². The van der Waals surface area contributed by atoms with Gasteiger partial charge in [0.25, 0.3) is 0 Å². The van der Waals surface area contributed by atoms with Gasteiger partial charge in [-0.25, -0.2) is 0 Å². The highest BCUT2D eigenvalue weighted by Crippen LogP contribution is 2.43. The minimum atomic E-state index is -0.0966. The lowest BCUT2D eigenvalue weighted by atomic mass is 9.69. The Bertz CT molecular complexity index is 738. The normalized spacial score (nSPS) is 29.2. The Hall–Kier alpha value is -1.79. The first kappa shape index (κ1) is 21.4. The largest absolute Gasteiger partial charge is 0.493 e. The SMILES string of the molecule is CCOc1ccc(CN2C[C@@H]3CCCN4CCC[C@@H]([C@H]34)[C@H]2CC(=O)OC)cc1OC. The van der Waals surface area contributed by atoms with E-state index in [1.165, 1.54) is 51.4 Å². The highest BCUT2D eigenvalue weighted by Gasteiger charge is 2.48. The van der Waals surface area contributed by atoms with E-state index in [0.29, 0.717) is 30.9 Å². The lowest BCUT2D eigenvalue weighted by Gasteiger charge is -2.57. The van der Waals surface area contributed by atoms with Crippen LogP contribution in [0.15, 0.2) is 18.2 Å².